The van der Waals surface area contributed by atoms with Crippen molar-refractivity contribution in [1.82, 2.24) is 0 Å². The molecule has 2 atom stereocenters. The fourth-order valence-electron chi connectivity index (χ4n) is 2.37. The van der Waals surface area contributed by atoms with Crippen LogP contribution in [0.15, 0.2) is 23.1 Å². The minimum absolute atomic E-state index is 0.0286. The van der Waals surface area contributed by atoms with Crippen LogP contribution < -0.4 is 0 Å². The van der Waals surface area contributed by atoms with Crippen LogP contribution in [0.2, 0.25) is 5.02 Å². The molecule has 2 unspecified atom stereocenters. The van der Waals surface area contributed by atoms with Gasteiger partial charge < -0.3 is 4.74 Å². The Kier molecular flexibility index (Phi) is 4.57. The molecule has 18 heavy (non-hydrogen) atoms. The van der Waals surface area contributed by atoms with Crippen molar-refractivity contribution in [2.45, 2.75) is 43.6 Å². The Morgan fingerprint density at radius 2 is 2.22 bits per heavy atom. The maximum Gasteiger partial charge on any atom is 0.339 e. The summed E-state index contributed by atoms with van der Waals surface area (Å²) in [6, 6.07) is 5.08. The summed E-state index contributed by atoms with van der Waals surface area (Å²) in [4.78, 5) is 12.8. The molecule has 98 valence electrons. The number of carbonyl (C=O) groups excluding carboxylic acids is 1. The lowest BCUT2D eigenvalue weighted by atomic mass is 9.89. The van der Waals surface area contributed by atoms with E-state index in [1.54, 1.807) is 18.2 Å². The van der Waals surface area contributed by atoms with Gasteiger partial charge >= 0.3 is 5.97 Å². The van der Waals surface area contributed by atoms with E-state index in [1.807, 2.05) is 0 Å². The number of rotatable bonds is 2. The molecule has 1 saturated carbocycles. The fourth-order valence-corrected chi connectivity index (χ4v) is 2.77. The summed E-state index contributed by atoms with van der Waals surface area (Å²) < 4.78 is 5.53. The van der Waals surface area contributed by atoms with Crippen molar-refractivity contribution in [3.05, 3.63) is 28.8 Å². The number of hydrogen-bond donors (Lipinski definition) is 1. The molecule has 0 spiro atoms. The largest absolute Gasteiger partial charge is 0.459 e. The van der Waals surface area contributed by atoms with Crippen LogP contribution in [0.3, 0.4) is 0 Å². The predicted molar refractivity (Wildman–Crippen MR) is 75.5 cm³/mol. The quantitative estimate of drug-likeness (QED) is 0.645. The summed E-state index contributed by atoms with van der Waals surface area (Å²) in [5.74, 6) is 0.290. The van der Waals surface area contributed by atoms with Crippen LogP contribution in [0.5, 0.6) is 0 Å². The van der Waals surface area contributed by atoms with E-state index in [2.05, 4.69) is 19.6 Å². The second kappa shape index (κ2) is 5.98. The summed E-state index contributed by atoms with van der Waals surface area (Å²) in [5, 5.41) is 0.418. The van der Waals surface area contributed by atoms with Gasteiger partial charge in [-0.15, -0.1) is 12.6 Å². The molecule has 0 radical (unpaired) electrons. The molecule has 1 aromatic carbocycles. The molecule has 0 bridgehead atoms. The minimum Gasteiger partial charge on any atom is -0.459 e. The number of esters is 1. The summed E-state index contributed by atoms with van der Waals surface area (Å²) in [5.41, 5.74) is 0.405. The van der Waals surface area contributed by atoms with Crippen molar-refractivity contribution in [3.63, 3.8) is 0 Å². The monoisotopic (exact) mass is 284 g/mol. The van der Waals surface area contributed by atoms with Crippen molar-refractivity contribution < 1.29 is 9.53 Å². The number of ether oxygens (including phenoxy) is 1. The molecule has 4 heteroatoms. The normalized spacial score (nSPS) is 23.7. The highest BCUT2D eigenvalue weighted by molar-refractivity contribution is 7.80. The van der Waals surface area contributed by atoms with E-state index < -0.39 is 0 Å². The first kappa shape index (κ1) is 13.8. The van der Waals surface area contributed by atoms with Gasteiger partial charge in [0.05, 0.1) is 10.6 Å². The Labute approximate surface area is 118 Å². The summed E-state index contributed by atoms with van der Waals surface area (Å²) in [7, 11) is 0. The Morgan fingerprint density at radius 3 is 2.94 bits per heavy atom. The van der Waals surface area contributed by atoms with E-state index in [-0.39, 0.29) is 12.1 Å². The lowest BCUT2D eigenvalue weighted by Crippen LogP contribution is -2.24. The minimum atomic E-state index is -0.338. The van der Waals surface area contributed by atoms with E-state index in [0.29, 0.717) is 21.4 Å². The number of hydrogen-bond acceptors (Lipinski definition) is 3. The van der Waals surface area contributed by atoms with Gasteiger partial charge in [-0.2, -0.15) is 0 Å². The lowest BCUT2D eigenvalue weighted by molar-refractivity contribution is 0.0155. The van der Waals surface area contributed by atoms with Gasteiger partial charge in [-0.3, -0.25) is 0 Å². The third-order valence-corrected chi connectivity index (χ3v) is 3.94. The predicted octanol–water partition coefficient (Wildman–Crippen LogP) is 4.36. The Bertz CT molecular complexity index is 447. The van der Waals surface area contributed by atoms with Crippen LogP contribution in [0.4, 0.5) is 0 Å². The molecule has 0 aliphatic heterocycles. The third kappa shape index (κ3) is 3.42. The molecule has 1 fully saturated rings. The second-order valence-electron chi connectivity index (χ2n) is 4.96. The summed E-state index contributed by atoms with van der Waals surface area (Å²) in [6.07, 6.45) is 4.28. The topological polar surface area (TPSA) is 26.3 Å². The van der Waals surface area contributed by atoms with Gasteiger partial charge in [-0.1, -0.05) is 24.9 Å². The van der Waals surface area contributed by atoms with Gasteiger partial charge in [0.1, 0.15) is 6.10 Å². The Balaban J connectivity index is 2.05. The Hall–Kier alpha value is -0.670. The van der Waals surface area contributed by atoms with Crippen LogP contribution in [0, 0.1) is 5.92 Å². The average Bonchev–Trinajstić information content (AvgIpc) is 2.32. The zero-order valence-corrected chi connectivity index (χ0v) is 12.0. The maximum atomic E-state index is 12.1. The van der Waals surface area contributed by atoms with Gasteiger partial charge in [-0.25, -0.2) is 4.79 Å². The molecular formula is C14H17ClO2S. The van der Waals surface area contributed by atoms with Crippen LogP contribution in [-0.4, -0.2) is 12.1 Å². The maximum absolute atomic E-state index is 12.1. The first-order chi connectivity index (χ1) is 8.56. The van der Waals surface area contributed by atoms with Crippen LogP contribution in [0.25, 0.3) is 0 Å². The molecule has 0 saturated heterocycles. The summed E-state index contributed by atoms with van der Waals surface area (Å²) in [6.45, 7) is 2.20. The van der Waals surface area contributed by atoms with E-state index in [1.165, 1.54) is 6.42 Å². The molecular weight excluding hydrogens is 268 g/mol. The van der Waals surface area contributed by atoms with Crippen molar-refractivity contribution in [2.24, 2.45) is 5.92 Å². The molecule has 1 aliphatic rings. The first-order valence-corrected chi connectivity index (χ1v) is 7.08. The number of carbonyl (C=O) groups is 1. The van der Waals surface area contributed by atoms with Gasteiger partial charge in [-0.05, 0) is 43.4 Å². The zero-order chi connectivity index (χ0) is 13.1. The van der Waals surface area contributed by atoms with E-state index in [4.69, 9.17) is 16.3 Å². The highest BCUT2D eigenvalue weighted by atomic mass is 35.5. The molecule has 2 rings (SSSR count). The molecule has 1 aromatic rings. The first-order valence-electron chi connectivity index (χ1n) is 6.25. The highest BCUT2D eigenvalue weighted by Crippen LogP contribution is 2.27. The molecule has 0 aromatic heterocycles. The van der Waals surface area contributed by atoms with Crippen LogP contribution >= 0.6 is 24.2 Å². The fraction of sp³-hybridized carbons (Fsp3) is 0.500. The van der Waals surface area contributed by atoms with Crippen molar-refractivity contribution >= 4 is 30.2 Å². The number of benzene rings is 1. The molecule has 2 nitrogen and oxygen atoms in total. The lowest BCUT2D eigenvalue weighted by Gasteiger charge is -2.26. The van der Waals surface area contributed by atoms with Gasteiger partial charge in [0.15, 0.2) is 0 Å². The molecule has 0 heterocycles. The molecule has 0 amide bonds. The van der Waals surface area contributed by atoms with Gasteiger partial charge in [0, 0.05) is 4.90 Å². The zero-order valence-electron chi connectivity index (χ0n) is 10.4. The highest BCUT2D eigenvalue weighted by Gasteiger charge is 2.23. The summed E-state index contributed by atoms with van der Waals surface area (Å²) >= 11 is 10.2. The smallest absolute Gasteiger partial charge is 0.339 e. The molecule has 0 N–H and O–H groups in total. The number of halogens is 1. The van der Waals surface area contributed by atoms with E-state index in [0.717, 1.165) is 19.3 Å². The Morgan fingerprint density at radius 1 is 1.44 bits per heavy atom. The number of thiol groups is 1. The van der Waals surface area contributed by atoms with E-state index >= 15 is 0 Å². The van der Waals surface area contributed by atoms with Crippen LogP contribution in [-0.2, 0) is 4.74 Å². The van der Waals surface area contributed by atoms with Crippen molar-refractivity contribution in [2.75, 3.05) is 0 Å². The van der Waals surface area contributed by atoms with Gasteiger partial charge in [0.2, 0.25) is 0 Å². The van der Waals surface area contributed by atoms with Crippen molar-refractivity contribution in [1.29, 1.82) is 0 Å². The third-order valence-electron chi connectivity index (χ3n) is 3.33. The van der Waals surface area contributed by atoms with Gasteiger partial charge in [0.25, 0.3) is 0 Å². The molecule has 1 aliphatic carbocycles. The second-order valence-corrected chi connectivity index (χ2v) is 5.89. The SMILES string of the molecule is CC1CCCC(OC(=O)c2cc(S)ccc2Cl)C1. The van der Waals surface area contributed by atoms with E-state index in [9.17, 15) is 4.79 Å². The van der Waals surface area contributed by atoms with Crippen molar-refractivity contribution in [3.8, 4) is 0 Å². The average molecular weight is 285 g/mol. The van der Waals surface area contributed by atoms with Crippen LogP contribution in [0.1, 0.15) is 43.0 Å². The standard InChI is InChI=1S/C14H17ClO2S/c1-9-3-2-4-10(7-9)17-14(16)12-8-11(18)5-6-13(12)15/h5-6,8-10,18H,2-4,7H2,1H3.